The molecule has 0 amide bonds. The topological polar surface area (TPSA) is 52.6 Å². The number of hydrogen-bond acceptors (Lipinski definition) is 5. The van der Waals surface area contributed by atoms with E-state index in [9.17, 15) is 4.39 Å². The first-order valence-electron chi connectivity index (χ1n) is 12.2. The monoisotopic (exact) mass is 482 g/mol. The molecule has 2 atom stereocenters. The molecule has 0 saturated heterocycles. The van der Waals surface area contributed by atoms with Gasteiger partial charge in [-0.2, -0.15) is 0 Å². The average Bonchev–Trinajstić information content (AvgIpc) is 3.52. The van der Waals surface area contributed by atoms with E-state index in [2.05, 4.69) is 34.6 Å². The van der Waals surface area contributed by atoms with Gasteiger partial charge in [-0.1, -0.05) is 42.5 Å². The van der Waals surface area contributed by atoms with Gasteiger partial charge < -0.3 is 19.5 Å². The smallest absolute Gasteiger partial charge is 0.131 e. The largest absolute Gasteiger partial charge is 0.496 e. The SMILES string of the molecule is COc1ccccc1-c1cc(F)cc2c1OC(CNCC1Cc3cccc(-c4cccnc4)c3O1)C2. The number of nitrogens with zero attached hydrogens (tertiary/aromatic N) is 1. The van der Waals surface area contributed by atoms with Gasteiger partial charge in [0.05, 0.1) is 7.11 Å². The number of ether oxygens (including phenoxy) is 3. The molecule has 5 nitrogen and oxygen atoms in total. The van der Waals surface area contributed by atoms with E-state index < -0.39 is 0 Å². The highest BCUT2D eigenvalue weighted by Gasteiger charge is 2.29. The number of hydrogen-bond donors (Lipinski definition) is 1. The van der Waals surface area contributed by atoms with E-state index in [4.69, 9.17) is 14.2 Å². The van der Waals surface area contributed by atoms with Crippen LogP contribution in [0.25, 0.3) is 22.3 Å². The summed E-state index contributed by atoms with van der Waals surface area (Å²) in [6.45, 7) is 1.35. The van der Waals surface area contributed by atoms with Gasteiger partial charge >= 0.3 is 0 Å². The van der Waals surface area contributed by atoms with E-state index in [0.717, 1.165) is 45.7 Å². The highest BCUT2D eigenvalue weighted by molar-refractivity contribution is 5.78. The van der Waals surface area contributed by atoms with E-state index in [1.54, 1.807) is 19.4 Å². The number of benzene rings is 3. The number of methoxy groups -OCH3 is 1. The Labute approximate surface area is 209 Å². The molecule has 6 rings (SSSR count). The Bertz CT molecular complexity index is 1390. The molecule has 3 aromatic carbocycles. The van der Waals surface area contributed by atoms with Gasteiger partial charge in [-0.3, -0.25) is 4.98 Å². The minimum Gasteiger partial charge on any atom is -0.496 e. The Hall–Kier alpha value is -3.90. The van der Waals surface area contributed by atoms with Gasteiger partial charge in [0.15, 0.2) is 0 Å². The summed E-state index contributed by atoms with van der Waals surface area (Å²) >= 11 is 0. The lowest BCUT2D eigenvalue weighted by molar-refractivity contribution is 0.200. The molecule has 3 heterocycles. The van der Waals surface area contributed by atoms with Crippen molar-refractivity contribution in [2.75, 3.05) is 20.2 Å². The fourth-order valence-corrected chi connectivity index (χ4v) is 5.18. The van der Waals surface area contributed by atoms with Gasteiger partial charge in [0.1, 0.15) is 35.3 Å². The molecule has 0 fully saturated rings. The molecule has 0 radical (unpaired) electrons. The van der Waals surface area contributed by atoms with Crippen LogP contribution in [0, 0.1) is 5.82 Å². The predicted molar refractivity (Wildman–Crippen MR) is 137 cm³/mol. The second-order valence-electron chi connectivity index (χ2n) is 9.22. The molecule has 1 N–H and O–H groups in total. The Kier molecular flexibility index (Phi) is 6.03. The van der Waals surface area contributed by atoms with Crippen molar-refractivity contribution in [1.82, 2.24) is 10.3 Å². The summed E-state index contributed by atoms with van der Waals surface area (Å²) in [7, 11) is 1.62. The Morgan fingerprint density at radius 2 is 1.61 bits per heavy atom. The molecule has 2 unspecified atom stereocenters. The van der Waals surface area contributed by atoms with Crippen LogP contribution in [0.3, 0.4) is 0 Å². The molecule has 0 spiro atoms. The lowest BCUT2D eigenvalue weighted by Crippen LogP contribution is -2.36. The summed E-state index contributed by atoms with van der Waals surface area (Å²) < 4.78 is 32.6. The molecule has 0 aliphatic carbocycles. The van der Waals surface area contributed by atoms with Gasteiger partial charge in [-0.05, 0) is 29.8 Å². The van der Waals surface area contributed by atoms with Gasteiger partial charge in [-0.15, -0.1) is 0 Å². The molecule has 1 aromatic heterocycles. The van der Waals surface area contributed by atoms with Crippen molar-refractivity contribution in [3.05, 3.63) is 96.1 Å². The van der Waals surface area contributed by atoms with Crippen LogP contribution in [0.4, 0.5) is 4.39 Å². The first-order chi connectivity index (χ1) is 17.7. The summed E-state index contributed by atoms with van der Waals surface area (Å²) in [4.78, 5) is 4.24. The van der Waals surface area contributed by atoms with Crippen molar-refractivity contribution in [3.63, 3.8) is 0 Å². The number of fused-ring (bicyclic) bond motifs is 2. The van der Waals surface area contributed by atoms with Gasteiger partial charge in [0.2, 0.25) is 0 Å². The fraction of sp³-hybridized carbons (Fsp3) is 0.233. The fourth-order valence-electron chi connectivity index (χ4n) is 5.18. The Balaban J connectivity index is 1.11. The van der Waals surface area contributed by atoms with E-state index in [0.29, 0.717) is 25.3 Å². The van der Waals surface area contributed by atoms with Crippen molar-refractivity contribution in [3.8, 4) is 39.5 Å². The van der Waals surface area contributed by atoms with E-state index in [1.807, 2.05) is 36.5 Å². The summed E-state index contributed by atoms with van der Waals surface area (Å²) in [5, 5.41) is 3.51. The van der Waals surface area contributed by atoms with Crippen molar-refractivity contribution in [1.29, 1.82) is 0 Å². The van der Waals surface area contributed by atoms with Crippen molar-refractivity contribution in [2.45, 2.75) is 25.0 Å². The van der Waals surface area contributed by atoms with Gasteiger partial charge in [-0.25, -0.2) is 4.39 Å². The number of halogens is 1. The maximum Gasteiger partial charge on any atom is 0.131 e. The second kappa shape index (κ2) is 9.63. The molecule has 182 valence electrons. The summed E-state index contributed by atoms with van der Waals surface area (Å²) in [6.07, 6.45) is 5.11. The maximum atomic E-state index is 14.5. The number of aromatic nitrogens is 1. The zero-order valence-electron chi connectivity index (χ0n) is 20.0. The van der Waals surface area contributed by atoms with E-state index in [1.165, 1.54) is 11.6 Å². The van der Waals surface area contributed by atoms with E-state index >= 15 is 0 Å². The molecule has 36 heavy (non-hydrogen) atoms. The van der Waals surface area contributed by atoms with Crippen LogP contribution in [0.5, 0.6) is 17.2 Å². The first kappa shape index (κ1) is 22.6. The molecule has 4 aromatic rings. The second-order valence-corrected chi connectivity index (χ2v) is 9.22. The van der Waals surface area contributed by atoms with Crippen molar-refractivity contribution in [2.24, 2.45) is 0 Å². The molecule has 2 aliphatic rings. The number of pyridine rings is 1. The third-order valence-corrected chi connectivity index (χ3v) is 6.81. The third-order valence-electron chi connectivity index (χ3n) is 6.81. The lowest BCUT2D eigenvalue weighted by Gasteiger charge is -2.17. The van der Waals surface area contributed by atoms with Crippen LogP contribution in [0.15, 0.2) is 79.1 Å². The standard InChI is InChI=1S/C30H27FN2O3/c1-34-28-10-3-2-8-26(28)27-15-22(31)12-21-14-24(36-30(21)27)18-33-17-23-13-19-6-4-9-25(29(19)35-23)20-7-5-11-32-16-20/h2-12,15-16,23-24,33H,13-14,17-18H2,1H3. The molecule has 0 saturated carbocycles. The number of para-hydroxylation sites is 2. The van der Waals surface area contributed by atoms with Crippen LogP contribution >= 0.6 is 0 Å². The summed E-state index contributed by atoms with van der Waals surface area (Å²) in [6, 6.07) is 21.0. The predicted octanol–water partition coefficient (Wildman–Crippen LogP) is 5.46. The normalized spacial score (nSPS) is 17.7. The number of nitrogens with one attached hydrogen (secondary N) is 1. The van der Waals surface area contributed by atoms with Gasteiger partial charge in [0, 0.05) is 66.1 Å². The summed E-state index contributed by atoms with van der Waals surface area (Å²) in [5.41, 5.74) is 5.77. The molecule has 2 aliphatic heterocycles. The average molecular weight is 483 g/mol. The minimum absolute atomic E-state index is 0.0446. The number of rotatable bonds is 7. The minimum atomic E-state index is -0.270. The molecular weight excluding hydrogens is 455 g/mol. The maximum absolute atomic E-state index is 14.5. The van der Waals surface area contributed by atoms with E-state index in [-0.39, 0.29) is 18.0 Å². The summed E-state index contributed by atoms with van der Waals surface area (Å²) in [5.74, 6) is 2.10. The first-order valence-corrected chi connectivity index (χ1v) is 12.2. The Morgan fingerprint density at radius 1 is 0.861 bits per heavy atom. The lowest BCUT2D eigenvalue weighted by atomic mass is 9.99. The third kappa shape index (κ3) is 4.29. The van der Waals surface area contributed by atoms with Crippen LogP contribution in [-0.4, -0.2) is 37.4 Å². The van der Waals surface area contributed by atoms with Crippen LogP contribution < -0.4 is 19.5 Å². The molecule has 0 bridgehead atoms. The zero-order valence-corrected chi connectivity index (χ0v) is 20.0. The Morgan fingerprint density at radius 3 is 2.39 bits per heavy atom. The quantitative estimate of drug-likeness (QED) is 0.379. The van der Waals surface area contributed by atoms with Crippen LogP contribution in [0.1, 0.15) is 11.1 Å². The highest BCUT2D eigenvalue weighted by atomic mass is 19.1. The van der Waals surface area contributed by atoms with Gasteiger partial charge in [0.25, 0.3) is 0 Å². The van der Waals surface area contributed by atoms with Crippen molar-refractivity contribution < 1.29 is 18.6 Å². The molecule has 6 heteroatoms. The van der Waals surface area contributed by atoms with Crippen molar-refractivity contribution >= 4 is 0 Å². The zero-order chi connectivity index (χ0) is 24.5. The highest BCUT2D eigenvalue weighted by Crippen LogP contribution is 2.43. The molecular formula is C30H27FN2O3. The van der Waals surface area contributed by atoms with Crippen LogP contribution in [0.2, 0.25) is 0 Å². The van der Waals surface area contributed by atoms with Crippen LogP contribution in [-0.2, 0) is 12.8 Å².